The van der Waals surface area contributed by atoms with E-state index in [-0.39, 0.29) is 30.5 Å². The second-order valence-electron chi connectivity index (χ2n) is 8.54. The van der Waals surface area contributed by atoms with Crippen molar-refractivity contribution in [1.29, 1.82) is 0 Å². The number of aromatic nitrogens is 1. The predicted octanol–water partition coefficient (Wildman–Crippen LogP) is 4.58. The first kappa shape index (κ1) is 22.3. The van der Waals surface area contributed by atoms with E-state index in [1.165, 1.54) is 11.0 Å². The lowest BCUT2D eigenvalue weighted by Crippen LogP contribution is -2.29. The molecule has 0 spiro atoms. The number of nitrogens with zero attached hydrogens (tertiary/aromatic N) is 2. The fourth-order valence-electron chi connectivity index (χ4n) is 4.32. The molecule has 0 saturated carbocycles. The average molecular weight is 465 g/mol. The predicted molar refractivity (Wildman–Crippen MR) is 132 cm³/mol. The number of rotatable bonds is 7. The fraction of sp³-hybridized carbons (Fsp3) is 0.138. The van der Waals surface area contributed by atoms with Gasteiger partial charge in [-0.15, -0.1) is 0 Å². The number of imide groups is 1. The molecule has 4 aromatic rings. The van der Waals surface area contributed by atoms with Crippen molar-refractivity contribution in [2.24, 2.45) is 0 Å². The van der Waals surface area contributed by atoms with Crippen molar-refractivity contribution in [3.05, 3.63) is 135 Å². The third-order valence-corrected chi connectivity index (χ3v) is 6.21. The summed E-state index contributed by atoms with van der Waals surface area (Å²) in [5.74, 6) is -0.106. The molecule has 5 rings (SSSR count). The highest BCUT2D eigenvalue weighted by molar-refractivity contribution is 6.21. The van der Waals surface area contributed by atoms with Gasteiger partial charge in [0.2, 0.25) is 0 Å². The Morgan fingerprint density at radius 2 is 1.29 bits per heavy atom. The van der Waals surface area contributed by atoms with Gasteiger partial charge in [-0.3, -0.25) is 19.3 Å². The third kappa shape index (κ3) is 4.51. The first-order valence-corrected chi connectivity index (χ1v) is 11.4. The van der Waals surface area contributed by atoms with Gasteiger partial charge in [-0.1, -0.05) is 66.7 Å². The van der Waals surface area contributed by atoms with E-state index < -0.39 is 0 Å². The maximum atomic E-state index is 12.8. The molecule has 0 aliphatic carbocycles. The molecule has 6 nitrogen and oxygen atoms in total. The zero-order valence-electron chi connectivity index (χ0n) is 19.3. The number of fused-ring (bicyclic) bond motifs is 1. The molecule has 0 saturated heterocycles. The van der Waals surface area contributed by atoms with Gasteiger partial charge in [-0.25, -0.2) is 0 Å². The van der Waals surface area contributed by atoms with E-state index in [1.54, 1.807) is 28.8 Å². The summed E-state index contributed by atoms with van der Waals surface area (Å²) in [4.78, 5) is 39.6. The van der Waals surface area contributed by atoms with E-state index in [1.807, 2.05) is 67.6 Å². The van der Waals surface area contributed by atoms with Gasteiger partial charge < -0.3 is 9.30 Å². The number of pyridine rings is 1. The van der Waals surface area contributed by atoms with Crippen LogP contribution in [0.25, 0.3) is 0 Å². The van der Waals surface area contributed by atoms with Crippen molar-refractivity contribution in [3.63, 3.8) is 0 Å². The van der Waals surface area contributed by atoms with Crippen LogP contribution in [0.2, 0.25) is 0 Å². The number of amides is 2. The number of aryl methyl sites for hydroxylation is 1. The Bertz CT molecular complexity index is 1440. The SMILES string of the molecule is Cc1cc(OCc2ccccc2CN2C(=O)c3ccccc3C2=O)cc(=O)n1Cc1ccccc1. The number of benzene rings is 3. The smallest absolute Gasteiger partial charge is 0.261 e. The monoisotopic (exact) mass is 464 g/mol. The van der Waals surface area contributed by atoms with Gasteiger partial charge in [0, 0.05) is 11.8 Å². The van der Waals surface area contributed by atoms with Crippen LogP contribution in [0.4, 0.5) is 0 Å². The lowest BCUT2D eigenvalue weighted by atomic mass is 10.1. The number of hydrogen-bond acceptors (Lipinski definition) is 4. The topological polar surface area (TPSA) is 68.6 Å². The summed E-state index contributed by atoms with van der Waals surface area (Å²) in [5.41, 5.74) is 4.23. The van der Waals surface area contributed by atoms with Crippen molar-refractivity contribution in [3.8, 4) is 5.75 Å². The van der Waals surface area contributed by atoms with Crippen LogP contribution in [0.3, 0.4) is 0 Å². The first-order valence-electron chi connectivity index (χ1n) is 11.4. The Kier molecular flexibility index (Phi) is 6.02. The van der Waals surface area contributed by atoms with Crippen LogP contribution in [0.5, 0.6) is 5.75 Å². The van der Waals surface area contributed by atoms with Crippen molar-refractivity contribution < 1.29 is 14.3 Å². The van der Waals surface area contributed by atoms with E-state index in [0.29, 0.717) is 23.4 Å². The Labute approximate surface area is 203 Å². The number of ether oxygens (including phenoxy) is 1. The summed E-state index contributed by atoms with van der Waals surface area (Å²) in [7, 11) is 0. The summed E-state index contributed by atoms with van der Waals surface area (Å²) >= 11 is 0. The molecule has 0 fully saturated rings. The van der Waals surface area contributed by atoms with Crippen LogP contribution >= 0.6 is 0 Å². The van der Waals surface area contributed by atoms with Crippen molar-refractivity contribution >= 4 is 11.8 Å². The maximum absolute atomic E-state index is 12.8. The van der Waals surface area contributed by atoms with Gasteiger partial charge in [-0.05, 0) is 41.8 Å². The minimum Gasteiger partial charge on any atom is -0.489 e. The summed E-state index contributed by atoms with van der Waals surface area (Å²) < 4.78 is 7.68. The Balaban J connectivity index is 1.32. The van der Waals surface area contributed by atoms with Crippen molar-refractivity contribution in [2.75, 3.05) is 0 Å². The molecular weight excluding hydrogens is 440 g/mol. The lowest BCUT2D eigenvalue weighted by Gasteiger charge is -2.17. The molecule has 35 heavy (non-hydrogen) atoms. The molecule has 174 valence electrons. The first-order chi connectivity index (χ1) is 17.0. The highest BCUT2D eigenvalue weighted by Gasteiger charge is 2.35. The van der Waals surface area contributed by atoms with Crippen molar-refractivity contribution in [1.82, 2.24) is 9.47 Å². The largest absolute Gasteiger partial charge is 0.489 e. The molecular formula is C29H24N2O4. The summed E-state index contributed by atoms with van der Waals surface area (Å²) in [6.45, 7) is 2.74. The van der Waals surface area contributed by atoms with Gasteiger partial charge in [-0.2, -0.15) is 0 Å². The Morgan fingerprint density at radius 1 is 0.686 bits per heavy atom. The van der Waals surface area contributed by atoms with Crippen molar-refractivity contribution in [2.45, 2.75) is 26.6 Å². The zero-order valence-corrected chi connectivity index (χ0v) is 19.3. The molecule has 1 aliphatic rings. The van der Waals surface area contributed by atoms with Crippen LogP contribution in [-0.4, -0.2) is 21.3 Å². The minimum absolute atomic E-state index is 0.136. The average Bonchev–Trinajstić information content (AvgIpc) is 3.11. The van der Waals surface area contributed by atoms with Gasteiger partial charge in [0.1, 0.15) is 12.4 Å². The molecule has 6 heteroatoms. The van der Waals surface area contributed by atoms with Gasteiger partial charge in [0.15, 0.2) is 0 Å². The summed E-state index contributed by atoms with van der Waals surface area (Å²) in [6, 6.07) is 27.5. The molecule has 1 aromatic heterocycles. The number of hydrogen-bond donors (Lipinski definition) is 0. The maximum Gasteiger partial charge on any atom is 0.261 e. The van der Waals surface area contributed by atoms with Crippen LogP contribution < -0.4 is 10.3 Å². The van der Waals surface area contributed by atoms with Gasteiger partial charge in [0.05, 0.1) is 24.2 Å². The lowest BCUT2D eigenvalue weighted by molar-refractivity contribution is 0.0641. The Hall–Kier alpha value is -4.45. The van der Waals surface area contributed by atoms with Crippen LogP contribution in [0.1, 0.15) is 43.1 Å². The van der Waals surface area contributed by atoms with Crippen LogP contribution in [-0.2, 0) is 19.7 Å². The second-order valence-corrected chi connectivity index (χ2v) is 8.54. The highest BCUT2D eigenvalue weighted by Crippen LogP contribution is 2.25. The molecule has 0 radical (unpaired) electrons. The standard InChI is InChI=1S/C29H24N2O4/c1-20-15-24(16-27(32)30(20)17-21-9-3-2-4-10-21)35-19-23-12-6-5-11-22(23)18-31-28(33)25-13-7-8-14-26(25)29(31)34/h2-16H,17-19H2,1H3. The summed E-state index contributed by atoms with van der Waals surface area (Å²) in [5, 5.41) is 0. The van der Waals surface area contributed by atoms with E-state index >= 15 is 0 Å². The van der Waals surface area contributed by atoms with E-state index in [0.717, 1.165) is 22.4 Å². The summed E-state index contributed by atoms with van der Waals surface area (Å²) in [6.07, 6.45) is 0. The van der Waals surface area contributed by atoms with Gasteiger partial charge >= 0.3 is 0 Å². The third-order valence-electron chi connectivity index (χ3n) is 6.21. The molecule has 0 atom stereocenters. The quantitative estimate of drug-likeness (QED) is 0.376. The molecule has 0 N–H and O–H groups in total. The zero-order chi connectivity index (χ0) is 24.4. The van der Waals surface area contributed by atoms with E-state index in [4.69, 9.17) is 4.74 Å². The van der Waals surface area contributed by atoms with E-state index in [2.05, 4.69) is 0 Å². The fourth-order valence-corrected chi connectivity index (χ4v) is 4.32. The normalized spacial score (nSPS) is 12.7. The molecule has 0 bridgehead atoms. The van der Waals surface area contributed by atoms with Crippen LogP contribution in [0.15, 0.2) is 95.8 Å². The molecule has 3 aromatic carbocycles. The van der Waals surface area contributed by atoms with Crippen LogP contribution in [0, 0.1) is 6.92 Å². The molecule has 0 unspecified atom stereocenters. The number of carbonyl (C=O) groups is 2. The highest BCUT2D eigenvalue weighted by atomic mass is 16.5. The molecule has 2 amide bonds. The Morgan fingerprint density at radius 3 is 1.94 bits per heavy atom. The molecule has 1 aliphatic heterocycles. The minimum atomic E-state index is -0.293. The second kappa shape index (κ2) is 9.43. The van der Waals surface area contributed by atoms with Gasteiger partial charge in [0.25, 0.3) is 17.4 Å². The number of carbonyl (C=O) groups excluding carboxylic acids is 2. The molecule has 2 heterocycles. The van der Waals surface area contributed by atoms with E-state index in [9.17, 15) is 14.4 Å².